The number of alkyl halides is 1. The Morgan fingerprint density at radius 2 is 1.93 bits per heavy atom. The van der Waals surface area contributed by atoms with Crippen molar-refractivity contribution >= 4 is 23.3 Å². The number of benzene rings is 1. The van der Waals surface area contributed by atoms with E-state index in [1.807, 2.05) is 32.0 Å². The van der Waals surface area contributed by atoms with Gasteiger partial charge < -0.3 is 21.7 Å². The number of carbonyl (C=O) groups is 2. The van der Waals surface area contributed by atoms with E-state index in [9.17, 15) is 14.0 Å². The molecule has 3 rings (SSSR count). The number of nitrogens with one attached hydrogen (secondary N) is 1. The normalized spacial score (nSPS) is 24.9. The first-order valence-electron chi connectivity index (χ1n) is 9.72. The molecule has 0 radical (unpaired) electrons. The number of aryl methyl sites for hydroxylation is 2. The van der Waals surface area contributed by atoms with Gasteiger partial charge in [-0.3, -0.25) is 9.79 Å². The summed E-state index contributed by atoms with van der Waals surface area (Å²) in [7, 11) is 0. The largest absolute Gasteiger partial charge is 0.398 e. The fourth-order valence-corrected chi connectivity index (χ4v) is 3.77. The van der Waals surface area contributed by atoms with Crippen LogP contribution in [0.1, 0.15) is 36.5 Å². The zero-order valence-electron chi connectivity index (χ0n) is 17.1. The lowest BCUT2D eigenvalue weighted by Crippen LogP contribution is -2.56. The van der Waals surface area contributed by atoms with E-state index in [0.717, 1.165) is 11.1 Å². The topological polar surface area (TPSA) is 114 Å². The number of nitrogens with two attached hydrogens (primary N) is 2. The van der Waals surface area contributed by atoms with E-state index in [2.05, 4.69) is 10.3 Å². The molecule has 0 bridgehead atoms. The Kier molecular flexibility index (Phi) is 5.64. The lowest BCUT2D eigenvalue weighted by Gasteiger charge is -2.40. The number of rotatable bonds is 4. The van der Waals surface area contributed by atoms with Gasteiger partial charge in [-0.2, -0.15) is 0 Å². The molecular formula is C21H28FN5O2. The Morgan fingerprint density at radius 1 is 1.24 bits per heavy atom. The van der Waals surface area contributed by atoms with Gasteiger partial charge in [-0.25, -0.2) is 9.18 Å². The first-order valence-corrected chi connectivity index (χ1v) is 9.72. The van der Waals surface area contributed by atoms with Gasteiger partial charge in [-0.1, -0.05) is 12.1 Å². The number of aliphatic imine (C=N–C) groups is 1. The molecule has 29 heavy (non-hydrogen) atoms. The molecule has 0 saturated heterocycles. The van der Waals surface area contributed by atoms with E-state index in [1.54, 1.807) is 4.90 Å². The van der Waals surface area contributed by atoms with Gasteiger partial charge in [0, 0.05) is 25.4 Å². The van der Waals surface area contributed by atoms with Crippen molar-refractivity contribution in [3.05, 3.63) is 40.5 Å². The number of carbonyl (C=O) groups excluding carboxylic acids is 2. The van der Waals surface area contributed by atoms with Gasteiger partial charge in [0.05, 0.1) is 30.1 Å². The number of urea groups is 1. The second-order valence-corrected chi connectivity index (χ2v) is 8.17. The lowest BCUT2D eigenvalue weighted by molar-refractivity contribution is -0.114. The third-order valence-corrected chi connectivity index (χ3v) is 5.59. The van der Waals surface area contributed by atoms with Gasteiger partial charge in [0.25, 0.3) is 5.91 Å². The van der Waals surface area contributed by atoms with Crippen LogP contribution in [0.5, 0.6) is 0 Å². The zero-order valence-corrected chi connectivity index (χ0v) is 17.1. The predicted molar refractivity (Wildman–Crippen MR) is 111 cm³/mol. The van der Waals surface area contributed by atoms with Crippen LogP contribution in [-0.4, -0.2) is 53.9 Å². The summed E-state index contributed by atoms with van der Waals surface area (Å²) >= 11 is 0. The number of primary amides is 1. The molecule has 0 aromatic heterocycles. The number of amides is 3. The summed E-state index contributed by atoms with van der Waals surface area (Å²) in [5.41, 5.74) is 14.3. The highest BCUT2D eigenvalue weighted by molar-refractivity contribution is 6.26. The van der Waals surface area contributed by atoms with Crippen LogP contribution in [0.2, 0.25) is 0 Å². The molecule has 1 aliphatic carbocycles. The lowest BCUT2D eigenvalue weighted by atomic mass is 9.79. The van der Waals surface area contributed by atoms with Crippen LogP contribution in [0.3, 0.4) is 0 Å². The summed E-state index contributed by atoms with van der Waals surface area (Å²) in [6.07, 6.45) is 0.610. The van der Waals surface area contributed by atoms with Crippen LogP contribution in [0.15, 0.2) is 28.8 Å². The van der Waals surface area contributed by atoms with Gasteiger partial charge in [0.1, 0.15) is 5.67 Å². The van der Waals surface area contributed by atoms with Gasteiger partial charge in [0.2, 0.25) is 0 Å². The molecule has 2 aliphatic rings. The summed E-state index contributed by atoms with van der Waals surface area (Å²) in [6.45, 7) is 6.35. The molecular weight excluding hydrogens is 373 g/mol. The van der Waals surface area contributed by atoms with Gasteiger partial charge in [-0.15, -0.1) is 0 Å². The van der Waals surface area contributed by atoms with Crippen molar-refractivity contribution in [2.45, 2.75) is 45.3 Å². The first kappa shape index (κ1) is 20.8. The first-order chi connectivity index (χ1) is 13.6. The van der Waals surface area contributed by atoms with Crippen molar-refractivity contribution < 1.29 is 14.0 Å². The van der Waals surface area contributed by atoms with Gasteiger partial charge in [-0.05, 0) is 43.5 Å². The second kappa shape index (κ2) is 7.85. The maximum absolute atomic E-state index is 13.7. The fourth-order valence-electron chi connectivity index (χ4n) is 3.77. The van der Waals surface area contributed by atoms with Crippen molar-refractivity contribution in [1.29, 1.82) is 0 Å². The molecule has 1 aromatic rings. The molecule has 1 aliphatic heterocycles. The van der Waals surface area contributed by atoms with Gasteiger partial charge in [0.15, 0.2) is 0 Å². The number of hydrogen-bond donors (Lipinski definition) is 3. The van der Waals surface area contributed by atoms with Crippen LogP contribution < -0.4 is 16.8 Å². The van der Waals surface area contributed by atoms with Crippen molar-refractivity contribution in [3.8, 4) is 0 Å². The van der Waals surface area contributed by atoms with E-state index in [0.29, 0.717) is 37.2 Å². The number of hydrogen-bond acceptors (Lipinski definition) is 4. The summed E-state index contributed by atoms with van der Waals surface area (Å²) in [6, 6.07) is 5.18. The van der Waals surface area contributed by atoms with Crippen LogP contribution in [0.25, 0.3) is 5.70 Å². The highest BCUT2D eigenvalue weighted by Crippen LogP contribution is 2.35. The zero-order chi connectivity index (χ0) is 21.3. The smallest absolute Gasteiger partial charge is 0.318 e. The van der Waals surface area contributed by atoms with Gasteiger partial charge >= 0.3 is 6.03 Å². The molecule has 0 unspecified atom stereocenters. The Labute approximate surface area is 170 Å². The predicted octanol–water partition coefficient (Wildman–Crippen LogP) is 1.82. The summed E-state index contributed by atoms with van der Waals surface area (Å²) < 4.78 is 13.7. The highest BCUT2D eigenvalue weighted by Gasteiger charge is 2.41. The summed E-state index contributed by atoms with van der Waals surface area (Å²) in [5, 5.41) is 2.83. The van der Waals surface area contributed by atoms with E-state index in [4.69, 9.17) is 11.5 Å². The number of halogens is 1. The van der Waals surface area contributed by atoms with Crippen molar-refractivity contribution in [2.75, 3.05) is 19.6 Å². The molecule has 7 nitrogen and oxygen atoms in total. The molecule has 1 aromatic carbocycles. The monoisotopic (exact) mass is 401 g/mol. The molecule has 156 valence electrons. The van der Waals surface area contributed by atoms with E-state index in [1.165, 1.54) is 6.92 Å². The van der Waals surface area contributed by atoms with Crippen LogP contribution >= 0.6 is 0 Å². The van der Waals surface area contributed by atoms with Crippen LogP contribution in [-0.2, 0) is 4.79 Å². The Morgan fingerprint density at radius 3 is 2.52 bits per heavy atom. The third kappa shape index (κ3) is 4.58. The van der Waals surface area contributed by atoms with E-state index >= 15 is 0 Å². The highest BCUT2D eigenvalue weighted by atomic mass is 19.1. The quantitative estimate of drug-likeness (QED) is 0.669. The van der Waals surface area contributed by atoms with Crippen LogP contribution in [0, 0.1) is 13.8 Å². The summed E-state index contributed by atoms with van der Waals surface area (Å²) in [4.78, 5) is 30.7. The molecule has 3 amide bonds. The average Bonchev–Trinajstić information content (AvgIpc) is 2.62. The standard InChI is InChI=1S/C21H28FN5O2/c1-12-4-5-14(8-13(12)2)18(23)17(19(24)28)16-11-27(7-6-25-16)20(29)26-15-9-21(3,22)10-15/h4-5,8,15H,6-7,9-11,23H2,1-3H3,(H2,24,28)(H,26,29). The van der Waals surface area contributed by atoms with Crippen molar-refractivity contribution in [1.82, 2.24) is 10.2 Å². The second-order valence-electron chi connectivity index (χ2n) is 8.17. The molecule has 8 heteroatoms. The molecule has 1 heterocycles. The van der Waals surface area contributed by atoms with E-state index < -0.39 is 11.6 Å². The average molecular weight is 401 g/mol. The molecule has 0 spiro atoms. The number of nitrogens with zero attached hydrogens (tertiary/aromatic N) is 2. The van der Waals surface area contributed by atoms with Crippen molar-refractivity contribution in [2.24, 2.45) is 16.5 Å². The summed E-state index contributed by atoms with van der Waals surface area (Å²) in [5.74, 6) is -0.686. The Balaban J connectivity index is 1.79. The minimum Gasteiger partial charge on any atom is -0.398 e. The minimum atomic E-state index is -1.21. The molecule has 5 N–H and O–H groups in total. The molecule has 0 atom stereocenters. The van der Waals surface area contributed by atoms with E-state index in [-0.39, 0.29) is 29.9 Å². The maximum Gasteiger partial charge on any atom is 0.318 e. The maximum atomic E-state index is 13.7. The Hall–Kier alpha value is -2.90. The van der Waals surface area contributed by atoms with Crippen LogP contribution in [0.4, 0.5) is 9.18 Å². The Bertz CT molecular complexity index is 898. The van der Waals surface area contributed by atoms with Crippen molar-refractivity contribution in [3.63, 3.8) is 0 Å². The molecule has 1 saturated carbocycles. The minimum absolute atomic E-state index is 0.120. The SMILES string of the molecule is Cc1ccc(C(N)=C(C(N)=O)C2=NCCN(C(=O)NC3CC(C)(F)C3)C2)cc1C. The fraction of sp³-hybridized carbons (Fsp3) is 0.476. The molecule has 1 fully saturated rings. The third-order valence-electron chi connectivity index (χ3n) is 5.59.